The SMILES string of the molecule is CCNC(=O)[C@@H](Cc1ccccc1)N(Cc1ccc(Cl)cc1)C(=O)CN(c1cccc(Cl)c1)S(=O)(=O)c1ccc(Cl)cc1. The highest BCUT2D eigenvalue weighted by molar-refractivity contribution is 7.92. The number of rotatable bonds is 12. The summed E-state index contributed by atoms with van der Waals surface area (Å²) in [5.41, 5.74) is 1.75. The summed E-state index contributed by atoms with van der Waals surface area (Å²) in [7, 11) is -4.26. The molecule has 0 heterocycles. The molecule has 4 aromatic carbocycles. The normalized spacial score (nSPS) is 11.9. The third kappa shape index (κ3) is 8.51. The fourth-order valence-corrected chi connectivity index (χ4v) is 6.37. The summed E-state index contributed by atoms with van der Waals surface area (Å²) in [6.07, 6.45) is 0.215. The van der Waals surface area contributed by atoms with Crippen LogP contribution in [0.1, 0.15) is 18.1 Å². The first-order chi connectivity index (χ1) is 20.6. The van der Waals surface area contributed by atoms with Gasteiger partial charge in [-0.3, -0.25) is 13.9 Å². The Hall–Kier alpha value is -3.56. The number of halogens is 3. The van der Waals surface area contributed by atoms with E-state index in [0.29, 0.717) is 21.6 Å². The van der Waals surface area contributed by atoms with Crippen molar-refractivity contribution in [1.82, 2.24) is 10.2 Å². The lowest BCUT2D eigenvalue weighted by Crippen LogP contribution is -2.53. The number of hydrogen-bond acceptors (Lipinski definition) is 4. The Morgan fingerprint density at radius 1 is 0.767 bits per heavy atom. The van der Waals surface area contributed by atoms with Crippen LogP contribution in [0.15, 0.2) is 108 Å². The van der Waals surface area contributed by atoms with E-state index in [0.717, 1.165) is 15.4 Å². The summed E-state index contributed by atoms with van der Waals surface area (Å²) in [6, 6.07) is 27.2. The van der Waals surface area contributed by atoms with E-state index < -0.39 is 28.5 Å². The third-order valence-corrected chi connectivity index (χ3v) is 9.19. The van der Waals surface area contributed by atoms with Gasteiger partial charge in [0.15, 0.2) is 0 Å². The van der Waals surface area contributed by atoms with Gasteiger partial charge in [-0.25, -0.2) is 8.42 Å². The van der Waals surface area contributed by atoms with Crippen molar-refractivity contribution in [2.75, 3.05) is 17.4 Å². The van der Waals surface area contributed by atoms with Gasteiger partial charge in [0, 0.05) is 34.6 Å². The van der Waals surface area contributed by atoms with Crippen molar-refractivity contribution in [3.63, 3.8) is 0 Å². The zero-order valence-corrected chi connectivity index (χ0v) is 26.4. The van der Waals surface area contributed by atoms with Gasteiger partial charge in [-0.05, 0) is 72.6 Å². The molecule has 0 radical (unpaired) electrons. The highest BCUT2D eigenvalue weighted by Gasteiger charge is 2.34. The second-order valence-electron chi connectivity index (χ2n) is 9.69. The van der Waals surface area contributed by atoms with Gasteiger partial charge in [-0.2, -0.15) is 0 Å². The summed E-state index contributed by atoms with van der Waals surface area (Å²) in [6.45, 7) is 1.59. The fourth-order valence-electron chi connectivity index (χ4n) is 4.53. The molecular formula is C32H30Cl3N3O4S. The average molecular weight is 659 g/mol. The van der Waals surface area contributed by atoms with Gasteiger partial charge >= 0.3 is 0 Å². The quantitative estimate of drug-likeness (QED) is 0.185. The molecule has 7 nitrogen and oxygen atoms in total. The van der Waals surface area contributed by atoms with E-state index >= 15 is 0 Å². The lowest BCUT2D eigenvalue weighted by Gasteiger charge is -2.34. The van der Waals surface area contributed by atoms with Crippen LogP contribution in [0.25, 0.3) is 0 Å². The van der Waals surface area contributed by atoms with Gasteiger partial charge in [-0.15, -0.1) is 0 Å². The summed E-state index contributed by atoms with van der Waals surface area (Å²) in [5.74, 6) is -0.942. The summed E-state index contributed by atoms with van der Waals surface area (Å²) in [5, 5.41) is 4.01. The van der Waals surface area contributed by atoms with E-state index in [-0.39, 0.29) is 29.5 Å². The van der Waals surface area contributed by atoms with E-state index in [1.165, 1.54) is 35.2 Å². The van der Waals surface area contributed by atoms with Crippen molar-refractivity contribution < 1.29 is 18.0 Å². The van der Waals surface area contributed by atoms with E-state index in [1.807, 2.05) is 30.3 Å². The molecule has 0 unspecified atom stereocenters. The molecule has 0 fully saturated rings. The van der Waals surface area contributed by atoms with Crippen molar-refractivity contribution in [1.29, 1.82) is 0 Å². The zero-order chi connectivity index (χ0) is 31.0. The molecule has 0 aliphatic heterocycles. The van der Waals surface area contributed by atoms with Gasteiger partial charge in [0.05, 0.1) is 10.6 Å². The van der Waals surface area contributed by atoms with Crippen LogP contribution in [0.4, 0.5) is 5.69 Å². The van der Waals surface area contributed by atoms with Crippen LogP contribution in [0, 0.1) is 0 Å². The number of benzene rings is 4. The Morgan fingerprint density at radius 2 is 1.40 bits per heavy atom. The predicted molar refractivity (Wildman–Crippen MR) is 172 cm³/mol. The molecule has 1 N–H and O–H groups in total. The van der Waals surface area contributed by atoms with Gasteiger partial charge in [-0.1, -0.05) is 83.3 Å². The fraction of sp³-hybridized carbons (Fsp3) is 0.188. The minimum absolute atomic E-state index is 0.0367. The molecule has 0 aliphatic rings. The van der Waals surface area contributed by atoms with E-state index in [1.54, 1.807) is 49.4 Å². The summed E-state index contributed by atoms with van der Waals surface area (Å²) in [4.78, 5) is 29.2. The smallest absolute Gasteiger partial charge is 0.264 e. The third-order valence-electron chi connectivity index (χ3n) is 6.66. The Bertz CT molecular complexity index is 1650. The molecule has 4 aromatic rings. The summed E-state index contributed by atoms with van der Waals surface area (Å²) >= 11 is 18.4. The van der Waals surface area contributed by atoms with Crippen LogP contribution in [0.3, 0.4) is 0 Å². The van der Waals surface area contributed by atoms with Crippen LogP contribution in [0.2, 0.25) is 15.1 Å². The second kappa shape index (κ2) is 14.8. The number of amides is 2. The lowest BCUT2D eigenvalue weighted by atomic mass is 10.0. The van der Waals surface area contributed by atoms with Crippen molar-refractivity contribution >= 4 is 62.3 Å². The molecule has 0 aliphatic carbocycles. The molecule has 224 valence electrons. The van der Waals surface area contributed by atoms with Crippen LogP contribution >= 0.6 is 34.8 Å². The topological polar surface area (TPSA) is 86.8 Å². The minimum Gasteiger partial charge on any atom is -0.355 e. The number of nitrogens with one attached hydrogen (secondary N) is 1. The number of carbonyl (C=O) groups excluding carboxylic acids is 2. The molecule has 1 atom stereocenters. The summed E-state index contributed by atoms with van der Waals surface area (Å²) < 4.78 is 29.0. The van der Waals surface area contributed by atoms with E-state index in [4.69, 9.17) is 34.8 Å². The standard InChI is InChI=1S/C32H30Cl3N3O4S/c1-2-36-32(40)30(19-23-7-4-3-5-8-23)37(21-24-11-13-25(33)14-12-24)31(39)22-38(28-10-6-9-27(35)20-28)43(41,42)29-17-15-26(34)16-18-29/h3-18,20,30H,2,19,21-22H2,1H3,(H,36,40)/t30-/m1/s1. The van der Waals surface area contributed by atoms with Gasteiger partial charge in [0.25, 0.3) is 10.0 Å². The van der Waals surface area contributed by atoms with Crippen LogP contribution < -0.4 is 9.62 Å². The molecule has 0 spiro atoms. The van der Waals surface area contributed by atoms with Crippen LogP contribution in [-0.2, 0) is 32.6 Å². The Morgan fingerprint density at radius 3 is 2.00 bits per heavy atom. The molecule has 0 saturated heterocycles. The molecular weight excluding hydrogens is 629 g/mol. The van der Waals surface area contributed by atoms with Crippen molar-refractivity contribution in [3.8, 4) is 0 Å². The van der Waals surface area contributed by atoms with Crippen LogP contribution in [0.5, 0.6) is 0 Å². The van der Waals surface area contributed by atoms with Crippen molar-refractivity contribution in [2.24, 2.45) is 0 Å². The van der Waals surface area contributed by atoms with Gasteiger partial charge in [0.1, 0.15) is 12.6 Å². The maximum absolute atomic E-state index is 14.3. The molecule has 43 heavy (non-hydrogen) atoms. The van der Waals surface area contributed by atoms with Gasteiger partial charge in [0.2, 0.25) is 11.8 Å². The molecule has 2 amide bonds. The Balaban J connectivity index is 1.79. The molecule has 0 bridgehead atoms. The van der Waals surface area contributed by atoms with Crippen LogP contribution in [-0.4, -0.2) is 44.3 Å². The van der Waals surface area contributed by atoms with Crippen molar-refractivity contribution in [3.05, 3.63) is 129 Å². The van der Waals surface area contributed by atoms with Crippen molar-refractivity contribution in [2.45, 2.75) is 30.8 Å². The number of anilines is 1. The molecule has 0 saturated carbocycles. The second-order valence-corrected chi connectivity index (χ2v) is 12.9. The maximum atomic E-state index is 14.3. The molecule has 4 rings (SSSR count). The Kier molecular flexibility index (Phi) is 11.1. The number of hydrogen-bond donors (Lipinski definition) is 1. The largest absolute Gasteiger partial charge is 0.355 e. The first kappa shape index (κ1) is 32.4. The minimum atomic E-state index is -4.26. The Labute approximate surface area is 267 Å². The predicted octanol–water partition coefficient (Wildman–Crippen LogP) is 6.62. The van der Waals surface area contributed by atoms with E-state index in [2.05, 4.69) is 5.32 Å². The van der Waals surface area contributed by atoms with Gasteiger partial charge < -0.3 is 10.2 Å². The number of nitrogens with zero attached hydrogens (tertiary/aromatic N) is 2. The molecule has 0 aromatic heterocycles. The highest BCUT2D eigenvalue weighted by atomic mass is 35.5. The number of carbonyl (C=O) groups is 2. The molecule has 11 heteroatoms. The number of likely N-dealkylation sites (N-methyl/N-ethyl adjacent to an activating group) is 1. The average Bonchev–Trinajstić information content (AvgIpc) is 2.99. The number of sulfonamides is 1. The first-order valence-corrected chi connectivity index (χ1v) is 16.1. The maximum Gasteiger partial charge on any atom is 0.264 e. The first-order valence-electron chi connectivity index (χ1n) is 13.5. The van der Waals surface area contributed by atoms with E-state index in [9.17, 15) is 18.0 Å². The zero-order valence-electron chi connectivity index (χ0n) is 23.3. The lowest BCUT2D eigenvalue weighted by molar-refractivity contribution is -0.140. The monoisotopic (exact) mass is 657 g/mol. The highest BCUT2D eigenvalue weighted by Crippen LogP contribution is 2.28.